The number of hydrogen-bond acceptors (Lipinski definition) is 5. The monoisotopic (exact) mass is 448 g/mol. The number of hydrogen-bond donors (Lipinski definition) is 1. The fraction of sp³-hybridized carbons (Fsp3) is 0.111. The Bertz CT molecular complexity index is 1840. The molecule has 164 valence electrons. The molecule has 0 fully saturated rings. The van der Waals surface area contributed by atoms with Crippen LogP contribution in [-0.4, -0.2) is 23.6 Å². The van der Waals surface area contributed by atoms with Crippen LogP contribution in [0.2, 0.25) is 0 Å². The first-order valence-electron chi connectivity index (χ1n) is 11.1. The fourth-order valence-corrected chi connectivity index (χ4v) is 5.33. The summed E-state index contributed by atoms with van der Waals surface area (Å²) < 4.78 is 25.1. The van der Waals surface area contributed by atoms with Crippen LogP contribution < -0.4 is 23.5 Å². The lowest BCUT2D eigenvalue weighted by atomic mass is 9.92. The third kappa shape index (κ3) is 2.30. The van der Waals surface area contributed by atoms with Gasteiger partial charge in [-0.05, 0) is 53.6 Å². The molecular weight excluding hydrogens is 430 g/mol. The van der Waals surface area contributed by atoms with Crippen LogP contribution in [-0.2, 0) is 7.05 Å². The summed E-state index contributed by atoms with van der Waals surface area (Å²) in [6, 6.07) is 16.9. The maximum Gasteiger partial charge on any atom is 0.231 e. The molecule has 0 bridgehead atoms. The second-order valence-electron chi connectivity index (χ2n) is 8.71. The van der Waals surface area contributed by atoms with Crippen molar-refractivity contribution in [3.8, 4) is 34.1 Å². The summed E-state index contributed by atoms with van der Waals surface area (Å²) in [5.74, 6) is 3.10. The Morgan fingerprint density at radius 2 is 1.56 bits per heavy atom. The summed E-state index contributed by atoms with van der Waals surface area (Å²) in [4.78, 5) is 7.65. The normalized spacial score (nSPS) is 14.1. The van der Waals surface area contributed by atoms with Crippen molar-refractivity contribution in [3.05, 3.63) is 61.1 Å². The molecule has 4 aromatic carbocycles. The van der Waals surface area contributed by atoms with E-state index in [9.17, 15) is 0 Å². The molecule has 2 aromatic heterocycles. The van der Waals surface area contributed by atoms with Crippen molar-refractivity contribution in [3.63, 3.8) is 0 Å². The van der Waals surface area contributed by atoms with E-state index in [-0.39, 0.29) is 13.6 Å². The number of nitrogens with one attached hydrogen (secondary N) is 1. The van der Waals surface area contributed by atoms with Crippen LogP contribution in [0.1, 0.15) is 0 Å². The second kappa shape index (κ2) is 6.29. The van der Waals surface area contributed by atoms with Gasteiger partial charge in [-0.3, -0.25) is 0 Å². The molecule has 0 radical (unpaired) electrons. The van der Waals surface area contributed by atoms with E-state index in [1.54, 1.807) is 6.33 Å². The second-order valence-corrected chi connectivity index (χ2v) is 8.71. The highest BCUT2D eigenvalue weighted by Gasteiger charge is 2.26. The smallest absolute Gasteiger partial charge is 0.231 e. The molecule has 0 saturated heterocycles. The van der Waals surface area contributed by atoms with E-state index in [2.05, 4.69) is 70.2 Å². The highest BCUT2D eigenvalue weighted by Crippen LogP contribution is 2.45. The number of pyridine rings is 1. The van der Waals surface area contributed by atoms with Gasteiger partial charge in [0, 0.05) is 10.8 Å². The van der Waals surface area contributed by atoms with E-state index >= 15 is 0 Å². The number of imidazole rings is 1. The van der Waals surface area contributed by atoms with Gasteiger partial charge in [0.2, 0.25) is 19.1 Å². The van der Waals surface area contributed by atoms with Crippen LogP contribution in [0.3, 0.4) is 0 Å². The number of rotatable bonds is 1. The van der Waals surface area contributed by atoms with Crippen molar-refractivity contribution in [1.82, 2.24) is 9.97 Å². The molecule has 2 aliphatic heterocycles. The Kier molecular flexibility index (Phi) is 3.32. The topological polar surface area (TPSA) is 69.5 Å². The standard InChI is InChI=1S/C27H18N3O4/c1-30-10-20-15(3-5-23-27(20)34-13-31-23)18-7-16(14-2-4-21-22(6-14)29-11-28-21)17-8-24-25(33-12-32-24)9-19(17)26(18)30/h2-11H,12-13H2,1H3,(H,28,29)/q+1. The fourth-order valence-electron chi connectivity index (χ4n) is 5.33. The van der Waals surface area contributed by atoms with Crippen molar-refractivity contribution < 1.29 is 23.5 Å². The van der Waals surface area contributed by atoms with Crippen molar-refractivity contribution >= 4 is 43.5 Å². The Morgan fingerprint density at radius 1 is 0.765 bits per heavy atom. The number of aryl methyl sites for hydroxylation is 1. The van der Waals surface area contributed by atoms with Gasteiger partial charge >= 0.3 is 0 Å². The first-order chi connectivity index (χ1) is 16.7. The Balaban J connectivity index is 1.56. The van der Waals surface area contributed by atoms with E-state index in [0.717, 1.165) is 77.6 Å². The van der Waals surface area contributed by atoms with Crippen LogP contribution in [0.4, 0.5) is 0 Å². The third-order valence-electron chi connectivity index (χ3n) is 6.88. The van der Waals surface area contributed by atoms with Gasteiger partial charge in [-0.15, -0.1) is 0 Å². The van der Waals surface area contributed by atoms with E-state index in [0.29, 0.717) is 0 Å². The highest BCUT2D eigenvalue weighted by atomic mass is 16.7. The number of aromatic nitrogens is 3. The van der Waals surface area contributed by atoms with E-state index < -0.39 is 0 Å². The molecule has 2 aliphatic rings. The lowest BCUT2D eigenvalue weighted by molar-refractivity contribution is -0.642. The Hall–Kier alpha value is -4.52. The number of nitrogens with zero attached hydrogens (tertiary/aromatic N) is 2. The number of fused-ring (bicyclic) bond motifs is 9. The van der Waals surface area contributed by atoms with Crippen LogP contribution in [0.15, 0.2) is 61.1 Å². The molecule has 0 amide bonds. The van der Waals surface area contributed by atoms with Gasteiger partial charge in [0.15, 0.2) is 29.2 Å². The van der Waals surface area contributed by atoms with E-state index in [1.165, 1.54) is 0 Å². The van der Waals surface area contributed by atoms with Gasteiger partial charge in [0.25, 0.3) is 0 Å². The molecule has 0 unspecified atom stereocenters. The minimum absolute atomic E-state index is 0.233. The molecule has 0 spiro atoms. The average Bonchev–Trinajstić information content (AvgIpc) is 3.61. The SMILES string of the molecule is C[n+]1cc2c3c(ccc2c2cc(-c4ccc5[nH]cnc5c4)c4cc5c(cc4c21)OCO5)OCO3. The van der Waals surface area contributed by atoms with Gasteiger partial charge in [-0.25, -0.2) is 4.98 Å². The molecule has 0 saturated carbocycles. The van der Waals surface area contributed by atoms with Crippen molar-refractivity contribution in [1.29, 1.82) is 0 Å². The zero-order chi connectivity index (χ0) is 22.4. The quantitative estimate of drug-likeness (QED) is 0.284. The minimum atomic E-state index is 0.233. The van der Waals surface area contributed by atoms with E-state index in [1.807, 2.05) is 6.07 Å². The first kappa shape index (κ1) is 18.0. The molecule has 0 aliphatic carbocycles. The molecule has 8 rings (SSSR count). The van der Waals surface area contributed by atoms with Crippen molar-refractivity contribution in [2.24, 2.45) is 7.05 Å². The molecule has 1 N–H and O–H groups in total. The summed E-state index contributed by atoms with van der Waals surface area (Å²) in [5.41, 5.74) is 5.25. The number of H-pyrrole nitrogens is 1. The van der Waals surface area contributed by atoms with Gasteiger partial charge in [-0.2, -0.15) is 4.57 Å². The average molecular weight is 448 g/mol. The lowest BCUT2D eigenvalue weighted by Gasteiger charge is -2.13. The molecule has 0 atom stereocenters. The number of ether oxygens (including phenoxy) is 4. The summed E-state index contributed by atoms with van der Waals surface area (Å²) in [7, 11) is 2.07. The lowest BCUT2D eigenvalue weighted by Crippen LogP contribution is -2.28. The maximum atomic E-state index is 5.83. The Labute approximate surface area is 193 Å². The maximum absolute atomic E-state index is 5.83. The van der Waals surface area contributed by atoms with Gasteiger partial charge in [0.1, 0.15) is 7.05 Å². The molecule has 6 aromatic rings. The molecule has 4 heterocycles. The molecule has 7 heteroatoms. The van der Waals surface area contributed by atoms with Crippen LogP contribution >= 0.6 is 0 Å². The summed E-state index contributed by atoms with van der Waals surface area (Å²) >= 11 is 0. The van der Waals surface area contributed by atoms with Gasteiger partial charge in [-0.1, -0.05) is 6.07 Å². The Morgan fingerprint density at radius 3 is 2.47 bits per heavy atom. The van der Waals surface area contributed by atoms with Crippen LogP contribution in [0, 0.1) is 0 Å². The van der Waals surface area contributed by atoms with Crippen LogP contribution in [0.5, 0.6) is 23.0 Å². The summed E-state index contributed by atoms with van der Waals surface area (Å²) in [6.45, 7) is 0.475. The number of aromatic amines is 1. The molecular formula is C27H18N3O4+. The largest absolute Gasteiger partial charge is 0.454 e. The first-order valence-corrected chi connectivity index (χ1v) is 11.1. The zero-order valence-electron chi connectivity index (χ0n) is 18.2. The van der Waals surface area contributed by atoms with Gasteiger partial charge < -0.3 is 23.9 Å². The summed E-state index contributed by atoms with van der Waals surface area (Å²) in [6.07, 6.45) is 3.84. The van der Waals surface area contributed by atoms with Crippen molar-refractivity contribution in [2.75, 3.05) is 13.6 Å². The van der Waals surface area contributed by atoms with Crippen molar-refractivity contribution in [2.45, 2.75) is 0 Å². The molecule has 34 heavy (non-hydrogen) atoms. The highest BCUT2D eigenvalue weighted by molar-refractivity contribution is 6.19. The third-order valence-corrected chi connectivity index (χ3v) is 6.88. The predicted molar refractivity (Wildman–Crippen MR) is 127 cm³/mol. The molecule has 7 nitrogen and oxygen atoms in total. The van der Waals surface area contributed by atoms with Crippen LogP contribution in [0.25, 0.3) is 54.6 Å². The van der Waals surface area contributed by atoms with Gasteiger partial charge in [0.05, 0.1) is 33.5 Å². The minimum Gasteiger partial charge on any atom is -0.454 e. The predicted octanol–water partition coefficient (Wildman–Crippen LogP) is 4.97. The summed E-state index contributed by atoms with van der Waals surface area (Å²) in [5, 5.41) is 5.46. The zero-order valence-corrected chi connectivity index (χ0v) is 18.2. The van der Waals surface area contributed by atoms with E-state index in [4.69, 9.17) is 18.9 Å². The number of benzene rings is 4.